The summed E-state index contributed by atoms with van der Waals surface area (Å²) < 4.78 is 15.5. The predicted molar refractivity (Wildman–Crippen MR) is 182 cm³/mol. The van der Waals surface area contributed by atoms with Crippen molar-refractivity contribution in [3.8, 4) is 29.6 Å². The minimum Gasteiger partial charge on any atom is -0.493 e. The number of allylic oxidation sites excluding steroid dienone is 3. The van der Waals surface area contributed by atoms with E-state index in [4.69, 9.17) is 14.2 Å². The van der Waals surface area contributed by atoms with Crippen molar-refractivity contribution in [3.63, 3.8) is 0 Å². The quantitative estimate of drug-likeness (QED) is 0.145. The standard InChI is InChI=1S/C14H28N2O.C10H14O3.2C3H6.C3H4.C2H6/c1-5-7-14(15-4)9-11-16(12-17)10-8-13(3)6-2;1-7-5-8(11-2)10(13-4)9(6-7)12-3;3*1-3-2;1-2/h6,12,14-15H,5,7-11H2,1-4H3;5-6H,1-4H3;2*3H,1H2,2H3;1H,2H3;1-2H3/b13-6+;;;;;. The molecular formula is C35H64N2O4. The smallest absolute Gasteiger partial charge is 0.209 e. The Hall–Kier alpha value is -3.17. The Kier molecular flexibility index (Phi) is 45.3. The van der Waals surface area contributed by atoms with Crippen molar-refractivity contribution in [1.29, 1.82) is 0 Å². The summed E-state index contributed by atoms with van der Waals surface area (Å²) in [7, 11) is 6.80. The van der Waals surface area contributed by atoms with Crippen LogP contribution in [-0.2, 0) is 4.79 Å². The second-order valence-corrected chi connectivity index (χ2v) is 8.40. The van der Waals surface area contributed by atoms with E-state index in [0.29, 0.717) is 23.3 Å². The lowest BCUT2D eigenvalue weighted by molar-refractivity contribution is -0.118. The number of nitrogens with one attached hydrogen (secondary N) is 1. The van der Waals surface area contributed by atoms with Gasteiger partial charge in [0.1, 0.15) is 0 Å². The van der Waals surface area contributed by atoms with Gasteiger partial charge in [0.05, 0.1) is 21.3 Å². The zero-order valence-electron chi connectivity index (χ0n) is 28.9. The second kappa shape index (κ2) is 39.0. The van der Waals surface area contributed by atoms with Crippen molar-refractivity contribution >= 4 is 6.41 Å². The summed E-state index contributed by atoms with van der Waals surface area (Å²) in [5, 5.41) is 3.30. The van der Waals surface area contributed by atoms with Crippen molar-refractivity contribution < 1.29 is 19.0 Å². The van der Waals surface area contributed by atoms with Crippen molar-refractivity contribution in [2.75, 3.05) is 41.5 Å². The predicted octanol–water partition coefficient (Wildman–Crippen LogP) is 8.65. The van der Waals surface area contributed by atoms with Crippen LogP contribution in [0.15, 0.2) is 49.1 Å². The molecule has 1 rings (SSSR count). The van der Waals surface area contributed by atoms with Gasteiger partial charge in [-0.15, -0.1) is 25.5 Å². The fourth-order valence-corrected chi connectivity index (χ4v) is 3.00. The molecule has 0 spiro atoms. The highest BCUT2D eigenvalue weighted by Gasteiger charge is 2.11. The molecule has 41 heavy (non-hydrogen) atoms. The van der Waals surface area contributed by atoms with E-state index in [1.54, 1.807) is 40.4 Å². The van der Waals surface area contributed by atoms with Crippen LogP contribution >= 0.6 is 0 Å². The zero-order valence-corrected chi connectivity index (χ0v) is 28.9. The third kappa shape index (κ3) is 31.2. The molecule has 6 heteroatoms. The fraction of sp³-hybridized carbons (Fsp3) is 0.571. The van der Waals surface area contributed by atoms with Gasteiger partial charge in [0.25, 0.3) is 0 Å². The number of ether oxygens (including phenoxy) is 3. The summed E-state index contributed by atoms with van der Waals surface area (Å²) in [5.74, 6) is 4.27. The SMILES string of the molecule is C#CC.C/C=C(\C)CCN(C=O)CCC(CCC)NC.C=CC.C=CC.CC.COc1cc(C)cc(OC)c1OC. The number of nitrogens with zero attached hydrogens (tertiary/aromatic N) is 1. The summed E-state index contributed by atoms with van der Waals surface area (Å²) >= 11 is 0. The van der Waals surface area contributed by atoms with Crippen molar-refractivity contribution in [3.05, 3.63) is 54.7 Å². The normalized spacial score (nSPS) is 9.61. The number of rotatable bonds is 13. The van der Waals surface area contributed by atoms with Crippen LogP contribution in [-0.4, -0.2) is 58.8 Å². The minimum atomic E-state index is 0.533. The first-order chi connectivity index (χ1) is 19.6. The second-order valence-electron chi connectivity index (χ2n) is 8.40. The van der Waals surface area contributed by atoms with E-state index in [0.717, 1.165) is 37.9 Å². The van der Waals surface area contributed by atoms with Gasteiger partial charge in [0.15, 0.2) is 11.5 Å². The number of aryl methyl sites for hydroxylation is 1. The number of carbonyl (C=O) groups is 1. The number of benzene rings is 1. The van der Waals surface area contributed by atoms with Crippen LogP contribution in [0.1, 0.15) is 86.6 Å². The number of carbonyl (C=O) groups excluding carboxylic acids is 1. The van der Waals surface area contributed by atoms with Gasteiger partial charge in [-0.3, -0.25) is 4.79 Å². The van der Waals surface area contributed by atoms with Crippen molar-refractivity contribution in [2.24, 2.45) is 0 Å². The van der Waals surface area contributed by atoms with Gasteiger partial charge in [-0.2, -0.15) is 0 Å². The Bertz CT molecular complexity index is 767. The number of hydrogen-bond acceptors (Lipinski definition) is 5. The van der Waals surface area contributed by atoms with E-state index in [1.165, 1.54) is 18.4 Å². The van der Waals surface area contributed by atoms with Crippen LogP contribution in [0.5, 0.6) is 17.2 Å². The van der Waals surface area contributed by atoms with E-state index in [2.05, 4.69) is 50.7 Å². The van der Waals surface area contributed by atoms with E-state index in [-0.39, 0.29) is 0 Å². The van der Waals surface area contributed by atoms with Gasteiger partial charge in [0.2, 0.25) is 12.2 Å². The summed E-state index contributed by atoms with van der Waals surface area (Å²) in [4.78, 5) is 12.8. The zero-order chi connectivity index (χ0) is 33.1. The van der Waals surface area contributed by atoms with Gasteiger partial charge in [-0.25, -0.2) is 0 Å². The fourth-order valence-electron chi connectivity index (χ4n) is 3.00. The molecule has 0 aliphatic carbocycles. The molecule has 0 saturated heterocycles. The molecule has 1 atom stereocenters. The molecule has 238 valence electrons. The Morgan fingerprint density at radius 3 is 1.76 bits per heavy atom. The molecule has 0 heterocycles. The maximum Gasteiger partial charge on any atom is 0.209 e. The van der Waals surface area contributed by atoms with Crippen LogP contribution in [0.3, 0.4) is 0 Å². The van der Waals surface area contributed by atoms with E-state index >= 15 is 0 Å². The number of hydrogen-bond donors (Lipinski definition) is 1. The van der Waals surface area contributed by atoms with Gasteiger partial charge < -0.3 is 24.4 Å². The van der Waals surface area contributed by atoms with Crippen molar-refractivity contribution in [1.82, 2.24) is 10.2 Å². The molecule has 0 fully saturated rings. The van der Waals surface area contributed by atoms with Gasteiger partial charge >= 0.3 is 0 Å². The number of methoxy groups -OCH3 is 3. The maximum absolute atomic E-state index is 11.0. The van der Waals surface area contributed by atoms with E-state index < -0.39 is 0 Å². The van der Waals surface area contributed by atoms with Gasteiger partial charge in [-0.05, 0) is 85.5 Å². The number of terminal acetylenes is 1. The molecule has 0 bridgehead atoms. The molecule has 0 aromatic heterocycles. The molecule has 1 aromatic carbocycles. The monoisotopic (exact) mass is 576 g/mol. The molecule has 0 aliphatic heterocycles. The Balaban J connectivity index is -0.000000158. The van der Waals surface area contributed by atoms with Crippen LogP contribution in [0.2, 0.25) is 0 Å². The van der Waals surface area contributed by atoms with Crippen LogP contribution in [0.25, 0.3) is 0 Å². The highest BCUT2D eigenvalue weighted by Crippen LogP contribution is 2.37. The number of amides is 1. The highest BCUT2D eigenvalue weighted by atomic mass is 16.5. The molecule has 0 radical (unpaired) electrons. The Labute approximate surface area is 255 Å². The van der Waals surface area contributed by atoms with Crippen molar-refractivity contribution in [2.45, 2.75) is 94.0 Å². The minimum absolute atomic E-state index is 0.533. The molecule has 1 unspecified atom stereocenters. The average Bonchev–Trinajstić information content (AvgIpc) is 2.98. The first kappa shape index (κ1) is 47.6. The molecule has 0 aliphatic rings. The summed E-state index contributed by atoms with van der Waals surface area (Å²) in [6.07, 6.45) is 15.6. The lowest BCUT2D eigenvalue weighted by Gasteiger charge is -2.21. The van der Waals surface area contributed by atoms with E-state index in [1.807, 2.05) is 65.6 Å². The van der Waals surface area contributed by atoms with E-state index in [9.17, 15) is 4.79 Å². The first-order valence-electron chi connectivity index (χ1n) is 14.4. The lowest BCUT2D eigenvalue weighted by atomic mass is 10.1. The highest BCUT2D eigenvalue weighted by molar-refractivity contribution is 5.53. The van der Waals surface area contributed by atoms with Gasteiger partial charge in [0, 0.05) is 19.1 Å². The van der Waals surface area contributed by atoms with Crippen LogP contribution in [0.4, 0.5) is 0 Å². The molecule has 6 nitrogen and oxygen atoms in total. The van der Waals surface area contributed by atoms with Crippen LogP contribution < -0.4 is 19.5 Å². The molecule has 0 saturated carbocycles. The molecule has 1 aromatic rings. The lowest BCUT2D eigenvalue weighted by Crippen LogP contribution is -2.32. The largest absolute Gasteiger partial charge is 0.493 e. The molecule has 1 N–H and O–H groups in total. The summed E-state index contributed by atoms with van der Waals surface area (Å²) in [5.41, 5.74) is 2.42. The average molecular weight is 577 g/mol. The maximum atomic E-state index is 11.0. The third-order valence-corrected chi connectivity index (χ3v) is 5.05. The third-order valence-electron chi connectivity index (χ3n) is 5.05. The Morgan fingerprint density at radius 1 is 1.02 bits per heavy atom. The molecule has 1 amide bonds. The summed E-state index contributed by atoms with van der Waals surface area (Å²) in [6, 6.07) is 4.34. The topological polar surface area (TPSA) is 60.0 Å². The molecular weight excluding hydrogens is 512 g/mol. The van der Waals surface area contributed by atoms with Crippen LogP contribution in [0, 0.1) is 19.3 Å². The summed E-state index contributed by atoms with van der Waals surface area (Å²) in [6.45, 7) is 26.2. The van der Waals surface area contributed by atoms with Gasteiger partial charge in [-0.1, -0.05) is 51.0 Å². The Morgan fingerprint density at radius 2 is 1.46 bits per heavy atom. The first-order valence-corrected chi connectivity index (χ1v) is 14.4.